The molecule has 1 atom stereocenters. The fraction of sp³-hybridized carbons (Fsp3) is 0.556. The number of benzene rings is 1. The van der Waals surface area contributed by atoms with Crippen molar-refractivity contribution in [2.45, 2.75) is 31.8 Å². The summed E-state index contributed by atoms with van der Waals surface area (Å²) >= 11 is 0. The van der Waals surface area contributed by atoms with Crippen molar-refractivity contribution in [1.29, 1.82) is 0 Å². The highest BCUT2D eigenvalue weighted by atomic mass is 19.1. The van der Waals surface area contributed by atoms with E-state index in [1.54, 1.807) is 0 Å². The van der Waals surface area contributed by atoms with Crippen LogP contribution in [0.1, 0.15) is 36.0 Å². The summed E-state index contributed by atoms with van der Waals surface area (Å²) in [5, 5.41) is 8.68. The number of halogens is 2. The molecule has 0 saturated carbocycles. The first-order chi connectivity index (χ1) is 12.0. The summed E-state index contributed by atoms with van der Waals surface area (Å²) in [5.41, 5.74) is 0.148. The molecule has 1 aromatic carbocycles. The molecule has 2 aromatic rings. The van der Waals surface area contributed by atoms with Gasteiger partial charge in [-0.05, 0) is 45.6 Å². The molecule has 0 amide bonds. The van der Waals surface area contributed by atoms with Crippen LogP contribution in [-0.4, -0.2) is 51.7 Å². The van der Waals surface area contributed by atoms with E-state index in [0.717, 1.165) is 44.1 Å². The van der Waals surface area contributed by atoms with Gasteiger partial charge in [-0.2, -0.15) is 0 Å². The molecule has 0 aliphatic carbocycles. The first-order valence-electron chi connectivity index (χ1n) is 8.64. The van der Waals surface area contributed by atoms with Crippen molar-refractivity contribution in [2.75, 3.05) is 27.2 Å². The fourth-order valence-corrected chi connectivity index (χ4v) is 3.47. The van der Waals surface area contributed by atoms with Crippen LogP contribution < -0.4 is 0 Å². The van der Waals surface area contributed by atoms with E-state index >= 15 is 0 Å². The van der Waals surface area contributed by atoms with E-state index in [1.165, 1.54) is 18.2 Å². The van der Waals surface area contributed by atoms with Crippen molar-refractivity contribution >= 4 is 0 Å². The van der Waals surface area contributed by atoms with Crippen molar-refractivity contribution in [2.24, 2.45) is 7.05 Å². The third-order valence-corrected chi connectivity index (χ3v) is 4.77. The second-order valence-electron chi connectivity index (χ2n) is 7.05. The van der Waals surface area contributed by atoms with Crippen molar-refractivity contribution in [3.05, 3.63) is 47.0 Å². The van der Waals surface area contributed by atoms with Gasteiger partial charge in [0, 0.05) is 31.6 Å². The number of aromatic nitrogens is 3. The van der Waals surface area contributed by atoms with Crippen LogP contribution in [0, 0.1) is 11.6 Å². The van der Waals surface area contributed by atoms with Gasteiger partial charge in [-0.1, -0.05) is 6.07 Å². The molecule has 25 heavy (non-hydrogen) atoms. The van der Waals surface area contributed by atoms with Crippen LogP contribution in [0.25, 0.3) is 0 Å². The molecule has 136 valence electrons. The average Bonchev–Trinajstić information content (AvgIpc) is 2.92. The highest BCUT2D eigenvalue weighted by Gasteiger charge is 2.27. The minimum atomic E-state index is -0.478. The Balaban J connectivity index is 1.72. The zero-order valence-corrected chi connectivity index (χ0v) is 15.0. The summed E-state index contributed by atoms with van der Waals surface area (Å²) < 4.78 is 29.9. The van der Waals surface area contributed by atoms with Gasteiger partial charge in [0.1, 0.15) is 23.3 Å². The van der Waals surface area contributed by atoms with Gasteiger partial charge < -0.3 is 9.47 Å². The number of likely N-dealkylation sites (tertiary alicyclic amines) is 1. The lowest BCUT2D eigenvalue weighted by Crippen LogP contribution is -2.35. The van der Waals surface area contributed by atoms with Crippen LogP contribution in [0.4, 0.5) is 8.78 Å². The number of nitrogens with zero attached hydrogens (tertiary/aromatic N) is 5. The molecule has 3 rings (SSSR count). The molecule has 0 spiro atoms. The van der Waals surface area contributed by atoms with E-state index < -0.39 is 11.6 Å². The Hall–Kier alpha value is -1.86. The summed E-state index contributed by atoms with van der Waals surface area (Å²) in [4.78, 5) is 4.16. The molecule has 0 unspecified atom stereocenters. The number of piperidine rings is 1. The summed E-state index contributed by atoms with van der Waals surface area (Å²) in [6, 6.07) is 4.03. The quantitative estimate of drug-likeness (QED) is 0.831. The lowest BCUT2D eigenvalue weighted by atomic mass is 9.96. The second kappa shape index (κ2) is 7.58. The second-order valence-corrected chi connectivity index (χ2v) is 7.05. The van der Waals surface area contributed by atoms with Gasteiger partial charge in [0.15, 0.2) is 0 Å². The normalized spacial score (nSPS) is 18.9. The maximum atomic E-state index is 13.9. The first-order valence-corrected chi connectivity index (χ1v) is 8.64. The van der Waals surface area contributed by atoms with E-state index in [1.807, 2.05) is 21.1 Å². The highest BCUT2D eigenvalue weighted by molar-refractivity contribution is 5.19. The van der Waals surface area contributed by atoms with Crippen LogP contribution in [0.15, 0.2) is 18.2 Å². The molecule has 0 bridgehead atoms. The largest absolute Gasteiger partial charge is 0.317 e. The van der Waals surface area contributed by atoms with E-state index in [0.29, 0.717) is 0 Å². The predicted octanol–water partition coefficient (Wildman–Crippen LogP) is 2.53. The first kappa shape index (κ1) is 17.9. The van der Waals surface area contributed by atoms with E-state index in [-0.39, 0.29) is 18.0 Å². The van der Waals surface area contributed by atoms with E-state index in [9.17, 15) is 8.78 Å². The average molecular weight is 349 g/mol. The summed E-state index contributed by atoms with van der Waals surface area (Å²) in [7, 11) is 5.99. The summed E-state index contributed by atoms with van der Waals surface area (Å²) in [5.74, 6) is 1.16. The van der Waals surface area contributed by atoms with E-state index in [2.05, 4.69) is 24.6 Å². The Labute approximate surface area is 147 Å². The molecule has 1 saturated heterocycles. The van der Waals surface area contributed by atoms with Gasteiger partial charge in [-0.25, -0.2) is 8.78 Å². The Kier molecular flexibility index (Phi) is 5.44. The molecule has 1 fully saturated rings. The van der Waals surface area contributed by atoms with Gasteiger partial charge in [0.2, 0.25) is 0 Å². The molecule has 0 N–H and O–H groups in total. The standard InChI is InChI=1S/C18H25F2N5/c1-23(2)12-17-21-22-18(24(17)3)13-6-5-9-25(10-13)11-14-15(19)7-4-8-16(14)20/h4,7-8,13H,5-6,9-12H2,1-3H3/t13-/m1/s1. The fourth-order valence-electron chi connectivity index (χ4n) is 3.47. The smallest absolute Gasteiger partial charge is 0.146 e. The predicted molar refractivity (Wildman–Crippen MR) is 92.0 cm³/mol. The van der Waals surface area contributed by atoms with Gasteiger partial charge in [-0.3, -0.25) is 4.90 Å². The van der Waals surface area contributed by atoms with Gasteiger partial charge in [0.05, 0.1) is 6.54 Å². The van der Waals surface area contributed by atoms with Crippen LogP contribution >= 0.6 is 0 Å². The van der Waals surface area contributed by atoms with Gasteiger partial charge in [-0.15, -0.1) is 10.2 Å². The van der Waals surface area contributed by atoms with Crippen molar-refractivity contribution in [3.8, 4) is 0 Å². The van der Waals surface area contributed by atoms with Crippen LogP contribution in [-0.2, 0) is 20.1 Å². The summed E-state index contributed by atoms with van der Waals surface area (Å²) in [6.45, 7) is 2.60. The Morgan fingerprint density at radius 3 is 2.60 bits per heavy atom. The third-order valence-electron chi connectivity index (χ3n) is 4.77. The number of hydrogen-bond donors (Lipinski definition) is 0. The van der Waals surface area contributed by atoms with Gasteiger partial charge in [0.25, 0.3) is 0 Å². The SMILES string of the molecule is CN(C)Cc1nnc([C@@H]2CCCN(Cc3c(F)cccc3F)C2)n1C. The third kappa shape index (κ3) is 4.04. The van der Waals surface area contributed by atoms with Crippen molar-refractivity contribution < 1.29 is 8.78 Å². The molecule has 1 aliphatic rings. The van der Waals surface area contributed by atoms with E-state index in [4.69, 9.17) is 0 Å². The maximum Gasteiger partial charge on any atom is 0.146 e. The lowest BCUT2D eigenvalue weighted by molar-refractivity contribution is 0.190. The molecule has 2 heterocycles. The monoisotopic (exact) mass is 349 g/mol. The minimum Gasteiger partial charge on any atom is -0.317 e. The number of rotatable bonds is 5. The van der Waals surface area contributed by atoms with Crippen LogP contribution in [0.2, 0.25) is 0 Å². The lowest BCUT2D eigenvalue weighted by Gasteiger charge is -2.32. The molecular formula is C18H25F2N5. The van der Waals surface area contributed by atoms with Crippen molar-refractivity contribution in [3.63, 3.8) is 0 Å². The molecule has 0 radical (unpaired) electrons. The molecule has 5 nitrogen and oxygen atoms in total. The Morgan fingerprint density at radius 1 is 1.20 bits per heavy atom. The molecule has 7 heteroatoms. The Morgan fingerprint density at radius 2 is 1.92 bits per heavy atom. The Bertz CT molecular complexity index is 708. The maximum absolute atomic E-state index is 13.9. The molecule has 1 aromatic heterocycles. The van der Waals surface area contributed by atoms with Gasteiger partial charge >= 0.3 is 0 Å². The zero-order valence-electron chi connectivity index (χ0n) is 15.0. The minimum absolute atomic E-state index is 0.148. The molecule has 1 aliphatic heterocycles. The highest BCUT2D eigenvalue weighted by Crippen LogP contribution is 2.27. The molecular weight excluding hydrogens is 324 g/mol. The topological polar surface area (TPSA) is 37.2 Å². The van der Waals surface area contributed by atoms with Crippen molar-refractivity contribution in [1.82, 2.24) is 24.6 Å². The van der Waals surface area contributed by atoms with Crippen LogP contribution in [0.5, 0.6) is 0 Å². The summed E-state index contributed by atoms with van der Waals surface area (Å²) in [6.07, 6.45) is 2.00. The zero-order chi connectivity index (χ0) is 18.0. The number of hydrogen-bond acceptors (Lipinski definition) is 4. The van der Waals surface area contributed by atoms with Crippen LogP contribution in [0.3, 0.4) is 0 Å².